The third-order valence-electron chi connectivity index (χ3n) is 3.17. The summed E-state index contributed by atoms with van der Waals surface area (Å²) in [5, 5.41) is 16.2. The molecule has 0 saturated heterocycles. The Morgan fingerprint density at radius 2 is 2.22 bits per heavy atom. The first kappa shape index (κ1) is 12.9. The molecule has 2 unspecified atom stereocenters. The standard InChI is InChI=1S/C12H16N2O3S/c1-12(2)6-8(12)13-11(17)14-9(10(15)16)7-4-3-5-18-7/h3-5,8-9H,6H2,1-2H3,(H,15,16)(H2,13,14,17). The Morgan fingerprint density at radius 3 is 2.67 bits per heavy atom. The Labute approximate surface area is 109 Å². The predicted molar refractivity (Wildman–Crippen MR) is 68.5 cm³/mol. The largest absolute Gasteiger partial charge is 0.479 e. The third kappa shape index (κ3) is 2.81. The minimum Gasteiger partial charge on any atom is -0.479 e. The maximum atomic E-state index is 11.7. The van der Waals surface area contributed by atoms with E-state index in [9.17, 15) is 9.59 Å². The molecule has 3 N–H and O–H groups in total. The van der Waals surface area contributed by atoms with Crippen molar-refractivity contribution in [2.45, 2.75) is 32.4 Å². The van der Waals surface area contributed by atoms with E-state index in [1.165, 1.54) is 11.3 Å². The molecule has 2 atom stereocenters. The number of carboxylic acid groups (broad SMARTS) is 1. The molecule has 1 aromatic heterocycles. The lowest BCUT2D eigenvalue weighted by molar-refractivity contribution is -0.139. The fourth-order valence-electron chi connectivity index (χ4n) is 1.75. The maximum absolute atomic E-state index is 11.7. The normalized spacial score (nSPS) is 22.0. The van der Waals surface area contributed by atoms with Gasteiger partial charge >= 0.3 is 12.0 Å². The molecule has 1 aliphatic carbocycles. The van der Waals surface area contributed by atoms with Gasteiger partial charge in [0.25, 0.3) is 0 Å². The van der Waals surface area contributed by atoms with Crippen LogP contribution in [0.5, 0.6) is 0 Å². The Hall–Kier alpha value is -1.56. The zero-order valence-electron chi connectivity index (χ0n) is 10.3. The summed E-state index contributed by atoms with van der Waals surface area (Å²) in [6.45, 7) is 4.12. The van der Waals surface area contributed by atoms with Crippen LogP contribution in [0.3, 0.4) is 0 Å². The van der Waals surface area contributed by atoms with Crippen LogP contribution in [-0.4, -0.2) is 23.1 Å². The van der Waals surface area contributed by atoms with E-state index in [1.54, 1.807) is 17.5 Å². The topological polar surface area (TPSA) is 78.4 Å². The molecule has 0 bridgehead atoms. The van der Waals surface area contributed by atoms with Gasteiger partial charge in [0, 0.05) is 10.9 Å². The molecule has 2 rings (SSSR count). The van der Waals surface area contributed by atoms with Gasteiger partial charge in [-0.3, -0.25) is 0 Å². The van der Waals surface area contributed by atoms with Crippen LogP contribution in [0.25, 0.3) is 0 Å². The highest BCUT2D eigenvalue weighted by molar-refractivity contribution is 7.10. The molecule has 98 valence electrons. The van der Waals surface area contributed by atoms with E-state index < -0.39 is 18.0 Å². The minimum absolute atomic E-state index is 0.124. The molecule has 0 aliphatic heterocycles. The number of thiophene rings is 1. The number of carbonyl (C=O) groups is 2. The first-order valence-corrected chi connectivity index (χ1v) is 6.61. The lowest BCUT2D eigenvalue weighted by Crippen LogP contribution is -2.42. The summed E-state index contributed by atoms with van der Waals surface area (Å²) in [4.78, 5) is 23.5. The number of amides is 2. The van der Waals surface area contributed by atoms with Crippen LogP contribution in [0.2, 0.25) is 0 Å². The van der Waals surface area contributed by atoms with Crippen molar-refractivity contribution in [2.24, 2.45) is 5.41 Å². The van der Waals surface area contributed by atoms with Crippen LogP contribution in [0.4, 0.5) is 4.79 Å². The number of carboxylic acids is 1. The van der Waals surface area contributed by atoms with E-state index in [2.05, 4.69) is 24.5 Å². The monoisotopic (exact) mass is 268 g/mol. The Bertz CT molecular complexity index is 456. The average Bonchev–Trinajstić information content (AvgIpc) is 2.69. The summed E-state index contributed by atoms with van der Waals surface area (Å²) >= 11 is 1.31. The molecule has 6 heteroatoms. The second-order valence-electron chi connectivity index (χ2n) is 5.15. The van der Waals surface area contributed by atoms with Gasteiger partial charge in [-0.2, -0.15) is 0 Å². The highest BCUT2D eigenvalue weighted by Gasteiger charge is 2.46. The molecule has 18 heavy (non-hydrogen) atoms. The van der Waals surface area contributed by atoms with Gasteiger partial charge in [0.2, 0.25) is 0 Å². The maximum Gasteiger partial charge on any atom is 0.331 e. The van der Waals surface area contributed by atoms with Crippen molar-refractivity contribution < 1.29 is 14.7 Å². The van der Waals surface area contributed by atoms with Gasteiger partial charge in [0.1, 0.15) is 0 Å². The number of urea groups is 1. The first-order chi connectivity index (χ1) is 8.40. The smallest absolute Gasteiger partial charge is 0.331 e. The van der Waals surface area contributed by atoms with Gasteiger partial charge < -0.3 is 15.7 Å². The summed E-state index contributed by atoms with van der Waals surface area (Å²) in [5.74, 6) is -1.05. The summed E-state index contributed by atoms with van der Waals surface area (Å²) in [7, 11) is 0. The van der Waals surface area contributed by atoms with E-state index in [-0.39, 0.29) is 11.5 Å². The lowest BCUT2D eigenvalue weighted by atomic mass is 10.2. The van der Waals surface area contributed by atoms with Crippen molar-refractivity contribution in [3.8, 4) is 0 Å². The molecular weight excluding hydrogens is 252 g/mol. The van der Waals surface area contributed by atoms with E-state index >= 15 is 0 Å². The number of carbonyl (C=O) groups excluding carboxylic acids is 1. The summed E-state index contributed by atoms with van der Waals surface area (Å²) in [6.07, 6.45) is 0.928. The zero-order valence-corrected chi connectivity index (χ0v) is 11.1. The van der Waals surface area contributed by atoms with Gasteiger partial charge in [0.15, 0.2) is 6.04 Å². The van der Waals surface area contributed by atoms with Crippen LogP contribution in [0.1, 0.15) is 31.2 Å². The molecule has 0 radical (unpaired) electrons. The number of rotatable bonds is 4. The van der Waals surface area contributed by atoms with Crippen molar-refractivity contribution in [1.29, 1.82) is 0 Å². The van der Waals surface area contributed by atoms with Gasteiger partial charge in [-0.1, -0.05) is 19.9 Å². The van der Waals surface area contributed by atoms with Gasteiger partial charge in [-0.25, -0.2) is 9.59 Å². The van der Waals surface area contributed by atoms with Crippen molar-refractivity contribution in [2.75, 3.05) is 0 Å². The van der Waals surface area contributed by atoms with E-state index in [1.807, 2.05) is 0 Å². The fraction of sp³-hybridized carbons (Fsp3) is 0.500. The van der Waals surface area contributed by atoms with Crippen molar-refractivity contribution in [3.05, 3.63) is 22.4 Å². The van der Waals surface area contributed by atoms with Crippen LogP contribution < -0.4 is 10.6 Å². The lowest BCUT2D eigenvalue weighted by Gasteiger charge is -2.14. The number of hydrogen-bond donors (Lipinski definition) is 3. The molecule has 0 aromatic carbocycles. The van der Waals surface area contributed by atoms with Gasteiger partial charge in [0.05, 0.1) is 0 Å². The highest BCUT2D eigenvalue weighted by atomic mass is 32.1. The molecule has 5 nitrogen and oxygen atoms in total. The fourth-order valence-corrected chi connectivity index (χ4v) is 2.52. The minimum atomic E-state index is -1.05. The molecule has 1 saturated carbocycles. The summed E-state index contributed by atoms with van der Waals surface area (Å²) in [5.41, 5.74) is 0.124. The van der Waals surface area contributed by atoms with Crippen molar-refractivity contribution in [1.82, 2.24) is 10.6 Å². The predicted octanol–water partition coefficient (Wildman–Crippen LogP) is 1.97. The Balaban J connectivity index is 1.94. The van der Waals surface area contributed by atoms with Gasteiger partial charge in [-0.05, 0) is 23.3 Å². The Morgan fingerprint density at radius 1 is 1.56 bits per heavy atom. The number of nitrogens with one attached hydrogen (secondary N) is 2. The third-order valence-corrected chi connectivity index (χ3v) is 4.11. The highest BCUT2D eigenvalue weighted by Crippen LogP contribution is 2.44. The number of aliphatic carboxylic acids is 1. The quantitative estimate of drug-likeness (QED) is 0.781. The summed E-state index contributed by atoms with van der Waals surface area (Å²) < 4.78 is 0. The van der Waals surface area contributed by atoms with Gasteiger partial charge in [-0.15, -0.1) is 11.3 Å². The van der Waals surface area contributed by atoms with Crippen LogP contribution in [0, 0.1) is 5.41 Å². The van der Waals surface area contributed by atoms with E-state index in [0.717, 1.165) is 6.42 Å². The van der Waals surface area contributed by atoms with Crippen molar-refractivity contribution >= 4 is 23.3 Å². The molecule has 2 amide bonds. The zero-order chi connectivity index (χ0) is 13.3. The van der Waals surface area contributed by atoms with Crippen LogP contribution in [0.15, 0.2) is 17.5 Å². The summed E-state index contributed by atoms with van der Waals surface area (Å²) in [6, 6.07) is 2.19. The second-order valence-corrected chi connectivity index (χ2v) is 6.13. The van der Waals surface area contributed by atoms with Crippen molar-refractivity contribution in [3.63, 3.8) is 0 Å². The molecule has 0 spiro atoms. The van der Waals surface area contributed by atoms with Crippen LogP contribution >= 0.6 is 11.3 Å². The van der Waals surface area contributed by atoms with Crippen LogP contribution in [-0.2, 0) is 4.79 Å². The molecule has 1 fully saturated rings. The Kier molecular flexibility index (Phi) is 3.30. The second kappa shape index (κ2) is 4.61. The molecule has 1 aliphatic rings. The SMILES string of the molecule is CC1(C)CC1NC(=O)NC(C(=O)O)c1cccs1. The van der Waals surface area contributed by atoms with E-state index in [4.69, 9.17) is 5.11 Å². The molecule has 1 aromatic rings. The van der Waals surface area contributed by atoms with E-state index in [0.29, 0.717) is 4.88 Å². The number of hydrogen-bond acceptors (Lipinski definition) is 3. The molecular formula is C12H16N2O3S. The average molecular weight is 268 g/mol. The first-order valence-electron chi connectivity index (χ1n) is 5.73. The molecule has 1 heterocycles.